The van der Waals surface area contributed by atoms with Crippen LogP contribution in [0.5, 0.6) is 0 Å². The molecule has 122 valence electrons. The van der Waals surface area contributed by atoms with Crippen molar-refractivity contribution >= 4 is 18.1 Å². The minimum Gasteiger partial charge on any atom is -0.388 e. The number of benzene rings is 1. The van der Waals surface area contributed by atoms with Gasteiger partial charge in [0, 0.05) is 25.2 Å². The summed E-state index contributed by atoms with van der Waals surface area (Å²) in [7, 11) is 4.12. The molecule has 0 radical (unpaired) electrons. The average molecular weight is 322 g/mol. The summed E-state index contributed by atoms with van der Waals surface area (Å²) >= 11 is 0. The summed E-state index contributed by atoms with van der Waals surface area (Å²) < 4.78 is 0. The highest BCUT2D eigenvalue weighted by molar-refractivity contribution is 5.85. The van der Waals surface area contributed by atoms with Crippen molar-refractivity contribution in [1.29, 1.82) is 0 Å². The van der Waals surface area contributed by atoms with Crippen molar-refractivity contribution in [1.82, 2.24) is 0 Å². The van der Waals surface area contributed by atoms with E-state index in [1.54, 1.807) is 0 Å². The SMILES string of the molecule is CN(C)c1ccc(C(O)C23CC4CC(CC(C4)C2)C3)cc1.Cl. The van der Waals surface area contributed by atoms with E-state index in [0.717, 1.165) is 23.3 Å². The zero-order chi connectivity index (χ0) is 14.6. The summed E-state index contributed by atoms with van der Waals surface area (Å²) in [6, 6.07) is 8.55. The van der Waals surface area contributed by atoms with E-state index in [2.05, 4.69) is 43.3 Å². The largest absolute Gasteiger partial charge is 0.388 e. The van der Waals surface area contributed by atoms with Crippen LogP contribution >= 0.6 is 12.4 Å². The summed E-state index contributed by atoms with van der Waals surface area (Å²) in [6.07, 6.45) is 7.82. The number of halogens is 1. The van der Waals surface area contributed by atoms with Crippen LogP contribution in [0.3, 0.4) is 0 Å². The Hall–Kier alpha value is -0.730. The van der Waals surface area contributed by atoms with Crippen LogP contribution in [-0.2, 0) is 0 Å². The molecule has 1 atom stereocenters. The van der Waals surface area contributed by atoms with Crippen molar-refractivity contribution in [3.05, 3.63) is 29.8 Å². The lowest BCUT2D eigenvalue weighted by atomic mass is 9.47. The second kappa shape index (κ2) is 5.72. The van der Waals surface area contributed by atoms with Crippen molar-refractivity contribution < 1.29 is 5.11 Å². The second-order valence-electron chi connectivity index (χ2n) is 8.17. The molecule has 4 fully saturated rings. The van der Waals surface area contributed by atoms with Crippen LogP contribution in [-0.4, -0.2) is 19.2 Å². The van der Waals surface area contributed by atoms with Crippen molar-refractivity contribution in [2.75, 3.05) is 19.0 Å². The molecular weight excluding hydrogens is 294 g/mol. The highest BCUT2D eigenvalue weighted by atomic mass is 35.5. The molecule has 1 unspecified atom stereocenters. The van der Waals surface area contributed by atoms with Gasteiger partial charge in [-0.25, -0.2) is 0 Å². The first kappa shape index (κ1) is 16.1. The Morgan fingerprint density at radius 2 is 1.41 bits per heavy atom. The van der Waals surface area contributed by atoms with Crippen LogP contribution in [0.25, 0.3) is 0 Å². The molecule has 4 saturated carbocycles. The van der Waals surface area contributed by atoms with Gasteiger partial charge in [-0.15, -0.1) is 12.4 Å². The third-order valence-electron chi connectivity index (χ3n) is 6.39. The molecule has 4 aliphatic carbocycles. The monoisotopic (exact) mass is 321 g/mol. The molecule has 22 heavy (non-hydrogen) atoms. The Balaban J connectivity index is 0.00000144. The molecule has 0 aliphatic heterocycles. The summed E-state index contributed by atoms with van der Waals surface area (Å²) in [4.78, 5) is 2.11. The molecule has 4 bridgehead atoms. The van der Waals surface area contributed by atoms with Gasteiger partial charge in [0.25, 0.3) is 0 Å². The van der Waals surface area contributed by atoms with Gasteiger partial charge in [-0.1, -0.05) is 12.1 Å². The number of rotatable bonds is 3. The number of anilines is 1. The molecule has 2 nitrogen and oxygen atoms in total. The van der Waals surface area contributed by atoms with E-state index in [4.69, 9.17) is 0 Å². The van der Waals surface area contributed by atoms with Crippen molar-refractivity contribution in [3.8, 4) is 0 Å². The Morgan fingerprint density at radius 1 is 0.955 bits per heavy atom. The Bertz CT molecular complexity index is 489. The fourth-order valence-corrected chi connectivity index (χ4v) is 5.82. The molecule has 1 aromatic rings. The van der Waals surface area contributed by atoms with Crippen molar-refractivity contribution in [2.45, 2.75) is 44.6 Å². The third kappa shape index (κ3) is 2.55. The molecule has 1 aromatic carbocycles. The van der Waals surface area contributed by atoms with E-state index in [9.17, 15) is 5.11 Å². The van der Waals surface area contributed by atoms with Gasteiger partial charge in [0.2, 0.25) is 0 Å². The first-order valence-corrected chi connectivity index (χ1v) is 8.51. The lowest BCUT2D eigenvalue weighted by Crippen LogP contribution is -2.48. The van der Waals surface area contributed by atoms with Gasteiger partial charge in [-0.05, 0) is 74.0 Å². The highest BCUT2D eigenvalue weighted by Crippen LogP contribution is 2.64. The average Bonchev–Trinajstić information content (AvgIpc) is 2.45. The topological polar surface area (TPSA) is 23.5 Å². The smallest absolute Gasteiger partial charge is 0.0846 e. The van der Waals surface area contributed by atoms with Gasteiger partial charge < -0.3 is 10.0 Å². The van der Waals surface area contributed by atoms with Gasteiger partial charge in [0.05, 0.1) is 6.10 Å². The Morgan fingerprint density at radius 3 is 1.82 bits per heavy atom. The molecule has 1 N–H and O–H groups in total. The lowest BCUT2D eigenvalue weighted by molar-refractivity contribution is -0.122. The summed E-state index contributed by atoms with van der Waals surface area (Å²) in [6.45, 7) is 0. The van der Waals surface area contributed by atoms with E-state index in [0.29, 0.717) is 0 Å². The Kier molecular flexibility index (Phi) is 4.20. The molecule has 5 rings (SSSR count). The lowest BCUT2D eigenvalue weighted by Gasteiger charge is -2.58. The standard InChI is InChI=1S/C19H27NO.ClH/c1-20(2)17-5-3-16(4-6-17)18(21)19-10-13-7-14(11-19)9-15(8-13)12-19;/h3-6,13-15,18,21H,7-12H2,1-2H3;1H. The minimum absolute atomic E-state index is 0. The maximum absolute atomic E-state index is 11.1. The van der Waals surface area contributed by atoms with Gasteiger partial charge in [0.15, 0.2) is 0 Å². The molecule has 0 spiro atoms. The quantitative estimate of drug-likeness (QED) is 0.890. The van der Waals surface area contributed by atoms with Gasteiger partial charge in [-0.3, -0.25) is 0 Å². The van der Waals surface area contributed by atoms with Crippen molar-refractivity contribution in [3.63, 3.8) is 0 Å². The summed E-state index contributed by atoms with van der Waals surface area (Å²) in [5.74, 6) is 2.69. The number of aliphatic hydroxyl groups excluding tert-OH is 1. The maximum Gasteiger partial charge on any atom is 0.0846 e. The molecule has 0 amide bonds. The predicted molar refractivity (Wildman–Crippen MR) is 93.6 cm³/mol. The van der Waals surface area contributed by atoms with Crippen LogP contribution in [0.15, 0.2) is 24.3 Å². The van der Waals surface area contributed by atoms with Gasteiger partial charge in [0.1, 0.15) is 0 Å². The molecular formula is C19H28ClNO. The van der Waals surface area contributed by atoms with E-state index >= 15 is 0 Å². The highest BCUT2D eigenvalue weighted by Gasteiger charge is 2.54. The molecule has 3 heteroatoms. The fraction of sp³-hybridized carbons (Fsp3) is 0.684. The Labute approximate surface area is 140 Å². The second-order valence-corrected chi connectivity index (χ2v) is 8.17. The van der Waals surface area contributed by atoms with Gasteiger partial charge >= 0.3 is 0 Å². The van der Waals surface area contributed by atoms with E-state index in [1.165, 1.54) is 44.2 Å². The molecule has 0 aromatic heterocycles. The van der Waals surface area contributed by atoms with Crippen LogP contribution in [0.2, 0.25) is 0 Å². The zero-order valence-electron chi connectivity index (χ0n) is 13.7. The first-order valence-electron chi connectivity index (χ1n) is 8.51. The number of hydrogen-bond donors (Lipinski definition) is 1. The molecule has 0 saturated heterocycles. The normalized spacial score (nSPS) is 36.8. The number of aliphatic hydroxyl groups is 1. The maximum atomic E-state index is 11.1. The minimum atomic E-state index is -0.262. The molecule has 4 aliphatic rings. The predicted octanol–water partition coefficient (Wildman–Crippen LogP) is 4.42. The third-order valence-corrected chi connectivity index (χ3v) is 6.39. The fourth-order valence-electron chi connectivity index (χ4n) is 5.82. The van der Waals surface area contributed by atoms with E-state index in [-0.39, 0.29) is 23.9 Å². The van der Waals surface area contributed by atoms with E-state index < -0.39 is 0 Å². The summed E-state index contributed by atoms with van der Waals surface area (Å²) in [5.41, 5.74) is 2.52. The first-order chi connectivity index (χ1) is 10.1. The van der Waals surface area contributed by atoms with Crippen LogP contribution in [0, 0.1) is 23.2 Å². The summed E-state index contributed by atoms with van der Waals surface area (Å²) in [5, 5.41) is 11.1. The zero-order valence-corrected chi connectivity index (χ0v) is 14.5. The number of hydrogen-bond acceptors (Lipinski definition) is 2. The van der Waals surface area contributed by atoms with Crippen LogP contribution in [0.4, 0.5) is 5.69 Å². The molecule has 0 heterocycles. The van der Waals surface area contributed by atoms with Crippen LogP contribution in [0.1, 0.15) is 50.2 Å². The van der Waals surface area contributed by atoms with Crippen molar-refractivity contribution in [2.24, 2.45) is 23.2 Å². The van der Waals surface area contributed by atoms with E-state index in [1.807, 2.05) is 0 Å². The van der Waals surface area contributed by atoms with Gasteiger partial charge in [-0.2, -0.15) is 0 Å². The van der Waals surface area contributed by atoms with Crippen LogP contribution < -0.4 is 4.90 Å². The number of nitrogens with zero attached hydrogens (tertiary/aromatic N) is 1.